The zero-order valence-corrected chi connectivity index (χ0v) is 25.1. The largest absolute Gasteiger partial charge is 0.354 e. The zero-order chi connectivity index (χ0) is 27.7. The first-order valence-corrected chi connectivity index (χ1v) is 14.9. The Bertz CT molecular complexity index is 1240. The lowest BCUT2D eigenvalue weighted by molar-refractivity contribution is -0.139. The first kappa shape index (κ1) is 30.6. The van der Waals surface area contributed by atoms with Crippen molar-refractivity contribution >= 4 is 70.0 Å². The fraction of sp³-hybridized carbons (Fsp3) is 0.310. The molecule has 202 valence electrons. The molecule has 38 heavy (non-hydrogen) atoms. The number of thioether (sulfide) groups is 1. The predicted molar refractivity (Wildman–Crippen MR) is 161 cm³/mol. The van der Waals surface area contributed by atoms with Crippen LogP contribution in [-0.2, 0) is 28.3 Å². The standard InChI is InChI=1S/C29H30Cl4N2O2S/c1-19(2)15-34-29(37)27(12-20-6-4-3-5-7-20)35(16-21-8-10-23(30)13-25(21)32)28(36)18-38-17-22-9-11-24(31)14-26(22)33/h3-11,13-14,19,27H,12,15-18H2,1-2H3,(H,34,37)/t27-/m1/s1. The molecule has 3 aromatic carbocycles. The van der Waals surface area contributed by atoms with E-state index in [0.29, 0.717) is 44.4 Å². The van der Waals surface area contributed by atoms with E-state index in [-0.39, 0.29) is 30.0 Å². The molecule has 0 spiro atoms. The van der Waals surface area contributed by atoms with E-state index in [4.69, 9.17) is 46.4 Å². The van der Waals surface area contributed by atoms with Gasteiger partial charge in [0.15, 0.2) is 0 Å². The molecule has 3 rings (SSSR count). The molecule has 1 atom stereocenters. The number of nitrogens with zero attached hydrogens (tertiary/aromatic N) is 1. The average molecular weight is 612 g/mol. The van der Waals surface area contributed by atoms with Gasteiger partial charge in [0, 0.05) is 45.4 Å². The van der Waals surface area contributed by atoms with Crippen LogP contribution in [-0.4, -0.2) is 35.1 Å². The number of hydrogen-bond donors (Lipinski definition) is 1. The Labute approximate surface area is 249 Å². The highest BCUT2D eigenvalue weighted by molar-refractivity contribution is 7.99. The molecular formula is C29H30Cl4N2O2S. The van der Waals surface area contributed by atoms with Crippen molar-refractivity contribution in [2.75, 3.05) is 12.3 Å². The van der Waals surface area contributed by atoms with Crippen LogP contribution in [0.15, 0.2) is 66.7 Å². The minimum Gasteiger partial charge on any atom is -0.354 e. The third-order valence-electron chi connectivity index (χ3n) is 5.81. The summed E-state index contributed by atoms with van der Waals surface area (Å²) in [5.41, 5.74) is 2.55. The third-order valence-corrected chi connectivity index (χ3v) is 7.95. The van der Waals surface area contributed by atoms with Crippen molar-refractivity contribution in [2.45, 2.75) is 38.6 Å². The lowest BCUT2D eigenvalue weighted by atomic mass is 10.0. The molecule has 0 aromatic heterocycles. The number of carbonyl (C=O) groups excluding carboxylic acids is 2. The van der Waals surface area contributed by atoms with Gasteiger partial charge in [0.25, 0.3) is 0 Å². The van der Waals surface area contributed by atoms with Crippen LogP contribution in [0.1, 0.15) is 30.5 Å². The molecule has 0 heterocycles. The predicted octanol–water partition coefficient (Wildman–Crippen LogP) is 7.95. The van der Waals surface area contributed by atoms with Gasteiger partial charge < -0.3 is 10.2 Å². The molecule has 0 saturated carbocycles. The summed E-state index contributed by atoms with van der Waals surface area (Å²) in [5, 5.41) is 5.07. The summed E-state index contributed by atoms with van der Waals surface area (Å²) < 4.78 is 0. The van der Waals surface area contributed by atoms with E-state index in [0.717, 1.165) is 11.1 Å². The van der Waals surface area contributed by atoms with Gasteiger partial charge in [0.1, 0.15) is 6.04 Å². The fourth-order valence-corrected chi connectivity index (χ4v) is 5.72. The molecule has 3 aromatic rings. The van der Waals surface area contributed by atoms with E-state index in [1.54, 1.807) is 35.2 Å². The second kappa shape index (κ2) is 15.0. The van der Waals surface area contributed by atoms with Crippen molar-refractivity contribution in [1.29, 1.82) is 0 Å². The van der Waals surface area contributed by atoms with E-state index in [1.807, 2.05) is 50.2 Å². The number of rotatable bonds is 12. The summed E-state index contributed by atoms with van der Waals surface area (Å²) in [6.07, 6.45) is 0.370. The van der Waals surface area contributed by atoms with E-state index >= 15 is 0 Å². The van der Waals surface area contributed by atoms with Crippen LogP contribution in [0.4, 0.5) is 0 Å². The summed E-state index contributed by atoms with van der Waals surface area (Å²) in [5.74, 6) is 0.580. The van der Waals surface area contributed by atoms with Crippen molar-refractivity contribution in [3.05, 3.63) is 104 Å². The SMILES string of the molecule is CC(C)CNC(=O)[C@@H](Cc1ccccc1)N(Cc1ccc(Cl)cc1Cl)C(=O)CSCc1ccc(Cl)cc1Cl. The molecule has 0 aliphatic heterocycles. The molecule has 9 heteroatoms. The van der Waals surface area contributed by atoms with Gasteiger partial charge in [-0.3, -0.25) is 9.59 Å². The summed E-state index contributed by atoms with van der Waals surface area (Å²) in [6.45, 7) is 4.74. The van der Waals surface area contributed by atoms with Crippen LogP contribution in [0.5, 0.6) is 0 Å². The Morgan fingerprint density at radius 2 is 1.47 bits per heavy atom. The minimum atomic E-state index is -0.727. The topological polar surface area (TPSA) is 49.4 Å². The highest BCUT2D eigenvalue weighted by Gasteiger charge is 2.30. The number of amides is 2. The van der Waals surface area contributed by atoms with Crippen molar-refractivity contribution in [1.82, 2.24) is 10.2 Å². The lowest BCUT2D eigenvalue weighted by Crippen LogP contribution is -2.51. The van der Waals surface area contributed by atoms with Crippen molar-refractivity contribution in [2.24, 2.45) is 5.92 Å². The molecule has 0 aliphatic carbocycles. The average Bonchev–Trinajstić information content (AvgIpc) is 2.87. The van der Waals surface area contributed by atoms with E-state index in [2.05, 4.69) is 5.32 Å². The fourth-order valence-electron chi connectivity index (χ4n) is 3.78. The van der Waals surface area contributed by atoms with Crippen LogP contribution in [0.2, 0.25) is 20.1 Å². The van der Waals surface area contributed by atoms with Gasteiger partial charge in [-0.15, -0.1) is 11.8 Å². The van der Waals surface area contributed by atoms with Crippen LogP contribution in [0.3, 0.4) is 0 Å². The molecule has 2 amide bonds. The Balaban J connectivity index is 1.88. The quantitative estimate of drug-likeness (QED) is 0.226. The molecule has 0 fully saturated rings. The van der Waals surface area contributed by atoms with Crippen LogP contribution in [0, 0.1) is 5.92 Å². The molecule has 4 nitrogen and oxygen atoms in total. The van der Waals surface area contributed by atoms with Gasteiger partial charge in [0.05, 0.1) is 5.75 Å². The van der Waals surface area contributed by atoms with Crippen molar-refractivity contribution in [3.8, 4) is 0 Å². The van der Waals surface area contributed by atoms with Crippen molar-refractivity contribution < 1.29 is 9.59 Å². The minimum absolute atomic E-state index is 0.160. The maximum Gasteiger partial charge on any atom is 0.243 e. The molecular weight excluding hydrogens is 582 g/mol. The first-order valence-electron chi connectivity index (χ1n) is 12.2. The number of benzene rings is 3. The second-order valence-electron chi connectivity index (χ2n) is 9.33. The Morgan fingerprint density at radius 3 is 2.05 bits per heavy atom. The van der Waals surface area contributed by atoms with Crippen molar-refractivity contribution in [3.63, 3.8) is 0 Å². The van der Waals surface area contributed by atoms with Crippen LogP contribution in [0.25, 0.3) is 0 Å². The smallest absolute Gasteiger partial charge is 0.243 e. The highest BCUT2D eigenvalue weighted by Crippen LogP contribution is 2.27. The van der Waals surface area contributed by atoms with Gasteiger partial charge in [-0.25, -0.2) is 0 Å². The number of hydrogen-bond acceptors (Lipinski definition) is 3. The number of nitrogens with one attached hydrogen (secondary N) is 1. The van der Waals surface area contributed by atoms with E-state index in [1.165, 1.54) is 11.8 Å². The number of carbonyl (C=O) groups is 2. The normalized spacial score (nSPS) is 11.9. The van der Waals surface area contributed by atoms with Crippen LogP contribution < -0.4 is 5.32 Å². The van der Waals surface area contributed by atoms with Gasteiger partial charge in [-0.2, -0.15) is 0 Å². The van der Waals surface area contributed by atoms with Crippen LogP contribution >= 0.6 is 58.2 Å². The first-order chi connectivity index (χ1) is 18.1. The molecule has 0 unspecified atom stereocenters. The Kier molecular flexibility index (Phi) is 12.1. The zero-order valence-electron chi connectivity index (χ0n) is 21.2. The number of halogens is 4. The molecule has 1 N–H and O–H groups in total. The van der Waals surface area contributed by atoms with Gasteiger partial charge in [-0.1, -0.05) is 103 Å². The molecule has 0 radical (unpaired) electrons. The highest BCUT2D eigenvalue weighted by atomic mass is 35.5. The van der Waals surface area contributed by atoms with E-state index in [9.17, 15) is 9.59 Å². The monoisotopic (exact) mass is 610 g/mol. The summed E-state index contributed by atoms with van der Waals surface area (Å²) in [4.78, 5) is 28.9. The second-order valence-corrected chi connectivity index (χ2v) is 12.0. The maximum absolute atomic E-state index is 13.7. The third kappa shape index (κ3) is 9.39. The van der Waals surface area contributed by atoms with Gasteiger partial charge in [0.2, 0.25) is 11.8 Å². The van der Waals surface area contributed by atoms with Gasteiger partial charge >= 0.3 is 0 Å². The van der Waals surface area contributed by atoms with Gasteiger partial charge in [-0.05, 0) is 46.9 Å². The van der Waals surface area contributed by atoms with E-state index < -0.39 is 6.04 Å². The summed E-state index contributed by atoms with van der Waals surface area (Å²) in [7, 11) is 0. The lowest BCUT2D eigenvalue weighted by Gasteiger charge is -2.32. The Morgan fingerprint density at radius 1 is 0.868 bits per heavy atom. The molecule has 0 aliphatic rings. The summed E-state index contributed by atoms with van der Waals surface area (Å²) >= 11 is 26.3. The summed E-state index contributed by atoms with van der Waals surface area (Å²) in [6, 6.07) is 19.4. The maximum atomic E-state index is 13.7. The molecule has 0 saturated heterocycles. The molecule has 0 bridgehead atoms. The Hall–Kier alpha value is -1.89.